The molecule has 1 rings (SSSR count). The molecular weight excluding hydrogens is 190 g/mol. The highest BCUT2D eigenvalue weighted by Crippen LogP contribution is 2.24. The van der Waals surface area contributed by atoms with Crippen LogP contribution in [0.3, 0.4) is 0 Å². The predicted molar refractivity (Wildman–Crippen MR) is 61.0 cm³/mol. The van der Waals surface area contributed by atoms with Gasteiger partial charge in [-0.3, -0.25) is 9.69 Å². The third-order valence-corrected chi connectivity index (χ3v) is 3.29. The van der Waals surface area contributed by atoms with Crippen LogP contribution in [0.25, 0.3) is 0 Å². The van der Waals surface area contributed by atoms with Crippen LogP contribution in [0.15, 0.2) is 0 Å². The van der Waals surface area contributed by atoms with Crippen LogP contribution >= 0.6 is 0 Å². The average Bonchev–Trinajstić information content (AvgIpc) is 2.65. The van der Waals surface area contributed by atoms with Crippen LogP contribution < -0.4 is 0 Å². The van der Waals surface area contributed by atoms with Crippen molar-refractivity contribution in [3.05, 3.63) is 0 Å². The van der Waals surface area contributed by atoms with Gasteiger partial charge in [0, 0.05) is 6.04 Å². The molecular formula is C12H23NO2. The lowest BCUT2D eigenvalue weighted by Gasteiger charge is -2.30. The molecule has 0 spiro atoms. The van der Waals surface area contributed by atoms with Gasteiger partial charge in [0.1, 0.15) is 6.04 Å². The van der Waals surface area contributed by atoms with Crippen LogP contribution in [-0.2, 0) is 4.79 Å². The minimum atomic E-state index is -0.635. The van der Waals surface area contributed by atoms with Gasteiger partial charge in [-0.1, -0.05) is 26.7 Å². The Morgan fingerprint density at radius 1 is 1.40 bits per heavy atom. The maximum atomic E-state index is 11.1. The lowest BCUT2D eigenvalue weighted by atomic mass is 10.0. The first-order valence-electron chi connectivity index (χ1n) is 6.19. The van der Waals surface area contributed by atoms with E-state index in [2.05, 4.69) is 18.7 Å². The maximum absolute atomic E-state index is 11.1. The first-order chi connectivity index (χ1) is 7.20. The first-order valence-corrected chi connectivity index (χ1v) is 6.19. The fourth-order valence-electron chi connectivity index (χ4n) is 2.63. The van der Waals surface area contributed by atoms with Crippen molar-refractivity contribution in [2.24, 2.45) is 0 Å². The van der Waals surface area contributed by atoms with E-state index in [0.717, 1.165) is 45.1 Å². The Balaban J connectivity index is 2.60. The number of carboxylic acid groups (broad SMARTS) is 1. The quantitative estimate of drug-likeness (QED) is 0.737. The highest BCUT2D eigenvalue weighted by molar-refractivity contribution is 5.73. The summed E-state index contributed by atoms with van der Waals surface area (Å²) in [6, 6.07) is 0.275. The van der Waals surface area contributed by atoms with E-state index in [9.17, 15) is 4.79 Å². The molecule has 1 aliphatic heterocycles. The Hall–Kier alpha value is -0.570. The summed E-state index contributed by atoms with van der Waals surface area (Å²) in [6.07, 6.45) is 6.44. The second kappa shape index (κ2) is 6.11. The molecule has 0 bridgehead atoms. The second-order valence-electron chi connectivity index (χ2n) is 4.47. The Morgan fingerprint density at radius 3 is 2.47 bits per heavy atom. The standard InChI is InChI=1S/C12H23NO2/c1-3-6-10(7-4-2)13-9-5-8-11(13)12(14)15/h10-11H,3-9H2,1-2H3,(H,14,15). The first kappa shape index (κ1) is 12.5. The zero-order chi connectivity index (χ0) is 11.3. The smallest absolute Gasteiger partial charge is 0.320 e. The van der Waals surface area contributed by atoms with Crippen molar-refractivity contribution in [1.29, 1.82) is 0 Å². The molecule has 3 nitrogen and oxygen atoms in total. The number of aliphatic carboxylic acids is 1. The summed E-state index contributed by atoms with van der Waals surface area (Å²) < 4.78 is 0. The van der Waals surface area contributed by atoms with E-state index < -0.39 is 5.97 Å². The highest BCUT2D eigenvalue weighted by atomic mass is 16.4. The van der Waals surface area contributed by atoms with Crippen LogP contribution in [0, 0.1) is 0 Å². The van der Waals surface area contributed by atoms with Gasteiger partial charge in [-0.05, 0) is 32.2 Å². The number of hydrogen-bond donors (Lipinski definition) is 1. The largest absolute Gasteiger partial charge is 0.480 e. The fraction of sp³-hybridized carbons (Fsp3) is 0.917. The Bertz CT molecular complexity index is 200. The van der Waals surface area contributed by atoms with E-state index in [1.165, 1.54) is 0 Å². The summed E-state index contributed by atoms with van der Waals surface area (Å²) in [5, 5.41) is 9.13. The normalized spacial score (nSPS) is 22.5. The van der Waals surface area contributed by atoms with E-state index in [0.29, 0.717) is 6.04 Å². The van der Waals surface area contributed by atoms with E-state index in [1.807, 2.05) is 0 Å². The number of nitrogens with zero attached hydrogens (tertiary/aromatic N) is 1. The molecule has 0 aromatic rings. The van der Waals surface area contributed by atoms with Crippen LogP contribution in [-0.4, -0.2) is 34.6 Å². The summed E-state index contributed by atoms with van der Waals surface area (Å²) in [5.74, 6) is -0.635. The van der Waals surface area contributed by atoms with Gasteiger partial charge >= 0.3 is 5.97 Å². The van der Waals surface area contributed by atoms with E-state index in [-0.39, 0.29) is 6.04 Å². The van der Waals surface area contributed by atoms with E-state index >= 15 is 0 Å². The molecule has 1 unspecified atom stereocenters. The van der Waals surface area contributed by atoms with Crippen LogP contribution in [0.4, 0.5) is 0 Å². The molecule has 3 heteroatoms. The minimum absolute atomic E-state index is 0.215. The molecule has 1 aliphatic rings. The third kappa shape index (κ3) is 3.20. The molecule has 0 aliphatic carbocycles. The average molecular weight is 213 g/mol. The molecule has 0 amide bonds. The van der Waals surface area contributed by atoms with E-state index in [1.54, 1.807) is 0 Å². The summed E-state index contributed by atoms with van der Waals surface area (Å²) in [5.41, 5.74) is 0. The van der Waals surface area contributed by atoms with Crippen molar-refractivity contribution in [1.82, 2.24) is 4.90 Å². The fourth-order valence-corrected chi connectivity index (χ4v) is 2.63. The van der Waals surface area contributed by atoms with Gasteiger partial charge in [0.2, 0.25) is 0 Å². The van der Waals surface area contributed by atoms with Gasteiger partial charge in [-0.2, -0.15) is 0 Å². The molecule has 1 atom stereocenters. The van der Waals surface area contributed by atoms with E-state index in [4.69, 9.17) is 5.11 Å². The van der Waals surface area contributed by atoms with Gasteiger partial charge in [0.05, 0.1) is 0 Å². The van der Waals surface area contributed by atoms with Crippen molar-refractivity contribution in [2.75, 3.05) is 6.54 Å². The SMILES string of the molecule is CCCC(CCC)N1CCCC1C(=O)O. The third-order valence-electron chi connectivity index (χ3n) is 3.29. The zero-order valence-electron chi connectivity index (χ0n) is 9.91. The summed E-state index contributed by atoms with van der Waals surface area (Å²) >= 11 is 0. The predicted octanol–water partition coefficient (Wildman–Crippen LogP) is 2.50. The molecule has 1 N–H and O–H groups in total. The van der Waals surface area contributed by atoms with Gasteiger partial charge in [-0.15, -0.1) is 0 Å². The Kier molecular flexibility index (Phi) is 5.09. The summed E-state index contributed by atoms with van der Waals surface area (Å²) in [6.45, 7) is 5.32. The van der Waals surface area contributed by atoms with Crippen molar-refractivity contribution < 1.29 is 9.90 Å². The van der Waals surface area contributed by atoms with Crippen molar-refractivity contribution >= 4 is 5.97 Å². The number of carbonyl (C=O) groups is 1. The maximum Gasteiger partial charge on any atom is 0.320 e. The summed E-state index contributed by atoms with van der Waals surface area (Å²) in [4.78, 5) is 13.3. The molecule has 1 fully saturated rings. The van der Waals surface area contributed by atoms with Crippen molar-refractivity contribution in [3.8, 4) is 0 Å². The van der Waals surface area contributed by atoms with Crippen LogP contribution in [0.5, 0.6) is 0 Å². The molecule has 15 heavy (non-hydrogen) atoms. The van der Waals surface area contributed by atoms with Gasteiger partial charge < -0.3 is 5.11 Å². The zero-order valence-corrected chi connectivity index (χ0v) is 9.91. The molecule has 0 radical (unpaired) electrons. The van der Waals surface area contributed by atoms with Crippen LogP contribution in [0.2, 0.25) is 0 Å². The molecule has 1 heterocycles. The topological polar surface area (TPSA) is 40.5 Å². The number of likely N-dealkylation sites (tertiary alicyclic amines) is 1. The number of carboxylic acids is 1. The molecule has 1 saturated heterocycles. The lowest BCUT2D eigenvalue weighted by Crippen LogP contribution is -2.43. The van der Waals surface area contributed by atoms with Gasteiger partial charge in [0.15, 0.2) is 0 Å². The highest BCUT2D eigenvalue weighted by Gasteiger charge is 2.34. The molecule has 0 saturated carbocycles. The van der Waals surface area contributed by atoms with Crippen LogP contribution in [0.1, 0.15) is 52.4 Å². The second-order valence-corrected chi connectivity index (χ2v) is 4.47. The number of rotatable bonds is 6. The molecule has 88 valence electrons. The summed E-state index contributed by atoms with van der Waals surface area (Å²) in [7, 11) is 0. The lowest BCUT2D eigenvalue weighted by molar-refractivity contribution is -0.143. The van der Waals surface area contributed by atoms with Gasteiger partial charge in [0.25, 0.3) is 0 Å². The Morgan fingerprint density at radius 2 is 2.00 bits per heavy atom. The monoisotopic (exact) mass is 213 g/mol. The van der Waals surface area contributed by atoms with Crippen molar-refractivity contribution in [3.63, 3.8) is 0 Å². The number of hydrogen-bond acceptors (Lipinski definition) is 2. The molecule has 0 aromatic heterocycles. The Labute approximate surface area is 92.5 Å². The van der Waals surface area contributed by atoms with Crippen molar-refractivity contribution in [2.45, 2.75) is 64.5 Å². The van der Waals surface area contributed by atoms with Gasteiger partial charge in [-0.25, -0.2) is 0 Å². The molecule has 0 aromatic carbocycles. The minimum Gasteiger partial charge on any atom is -0.480 e.